The summed E-state index contributed by atoms with van der Waals surface area (Å²) in [7, 11) is 0. The smallest absolute Gasteiger partial charge is 0.258 e. The van der Waals surface area contributed by atoms with Crippen molar-refractivity contribution in [1.82, 2.24) is 0 Å². The van der Waals surface area contributed by atoms with Gasteiger partial charge in [-0.05, 0) is 49.7 Å². The predicted molar refractivity (Wildman–Crippen MR) is 87.1 cm³/mol. The van der Waals surface area contributed by atoms with Crippen LogP contribution >= 0.6 is 15.9 Å². The van der Waals surface area contributed by atoms with Crippen molar-refractivity contribution in [2.24, 2.45) is 0 Å². The lowest BCUT2D eigenvalue weighted by Crippen LogP contribution is -2.31. The molecule has 0 fully saturated rings. The molecular weight excluding hydrogens is 316 g/mol. The highest BCUT2D eigenvalue weighted by atomic mass is 79.9. The van der Waals surface area contributed by atoms with Crippen molar-refractivity contribution in [1.29, 1.82) is 0 Å². The third kappa shape index (κ3) is 3.02. The molecule has 2 N–H and O–H groups in total. The minimum Gasteiger partial charge on any atom is -0.399 e. The summed E-state index contributed by atoms with van der Waals surface area (Å²) in [5.41, 5.74) is 8.92. The molecule has 0 atom stereocenters. The highest BCUT2D eigenvalue weighted by Gasteiger charge is 2.18. The standard InChI is InChI=1S/C16H17BrN2O/c1-3-19(14-6-4-5-13(18)10-14)16(20)15-9-12(17)8-7-11(15)2/h4-10H,3,18H2,1-2H3. The summed E-state index contributed by atoms with van der Waals surface area (Å²) in [6.45, 7) is 4.48. The molecule has 0 unspecified atom stereocenters. The number of anilines is 2. The van der Waals surface area contributed by atoms with E-state index in [2.05, 4.69) is 15.9 Å². The van der Waals surface area contributed by atoms with Crippen LogP contribution in [0.1, 0.15) is 22.8 Å². The van der Waals surface area contributed by atoms with E-state index >= 15 is 0 Å². The van der Waals surface area contributed by atoms with Gasteiger partial charge in [0.05, 0.1) is 0 Å². The SMILES string of the molecule is CCN(C(=O)c1cc(Br)ccc1C)c1cccc(N)c1. The molecular formula is C16H17BrN2O. The zero-order chi connectivity index (χ0) is 14.7. The molecule has 3 nitrogen and oxygen atoms in total. The minimum atomic E-state index is -0.0168. The first kappa shape index (κ1) is 14.6. The molecule has 0 heterocycles. The Labute approximate surface area is 127 Å². The fourth-order valence-corrected chi connectivity index (χ4v) is 2.47. The van der Waals surface area contributed by atoms with Gasteiger partial charge in [0.25, 0.3) is 5.91 Å². The van der Waals surface area contributed by atoms with Gasteiger partial charge < -0.3 is 10.6 Å². The third-order valence-electron chi connectivity index (χ3n) is 3.17. The van der Waals surface area contributed by atoms with E-state index in [0.717, 1.165) is 15.7 Å². The summed E-state index contributed by atoms with van der Waals surface area (Å²) < 4.78 is 0.898. The second-order valence-corrected chi connectivity index (χ2v) is 5.52. The van der Waals surface area contributed by atoms with Gasteiger partial charge in [-0.15, -0.1) is 0 Å². The Kier molecular flexibility index (Phi) is 4.45. The van der Waals surface area contributed by atoms with Crippen LogP contribution in [-0.4, -0.2) is 12.5 Å². The van der Waals surface area contributed by atoms with Crippen LogP contribution in [0, 0.1) is 6.92 Å². The minimum absolute atomic E-state index is 0.0168. The van der Waals surface area contributed by atoms with E-state index in [4.69, 9.17) is 5.73 Å². The second kappa shape index (κ2) is 6.09. The first-order valence-electron chi connectivity index (χ1n) is 6.46. The maximum absolute atomic E-state index is 12.7. The second-order valence-electron chi connectivity index (χ2n) is 4.60. The molecule has 104 valence electrons. The molecule has 0 aliphatic carbocycles. The molecule has 0 aliphatic heterocycles. The molecule has 0 aromatic heterocycles. The number of carbonyl (C=O) groups excluding carboxylic acids is 1. The van der Waals surface area contributed by atoms with Gasteiger partial charge in [-0.25, -0.2) is 0 Å². The molecule has 1 amide bonds. The zero-order valence-corrected chi connectivity index (χ0v) is 13.1. The van der Waals surface area contributed by atoms with Crippen LogP contribution in [0.3, 0.4) is 0 Å². The Morgan fingerprint density at radius 3 is 2.65 bits per heavy atom. The topological polar surface area (TPSA) is 46.3 Å². The summed E-state index contributed by atoms with van der Waals surface area (Å²) in [4.78, 5) is 14.5. The number of hydrogen-bond acceptors (Lipinski definition) is 2. The van der Waals surface area contributed by atoms with E-state index in [0.29, 0.717) is 17.8 Å². The molecule has 0 bridgehead atoms. The number of carbonyl (C=O) groups is 1. The first-order valence-corrected chi connectivity index (χ1v) is 7.25. The van der Waals surface area contributed by atoms with Crippen molar-refractivity contribution in [2.75, 3.05) is 17.2 Å². The fourth-order valence-electron chi connectivity index (χ4n) is 2.11. The van der Waals surface area contributed by atoms with Gasteiger partial charge in [0, 0.05) is 28.0 Å². The number of aryl methyl sites for hydroxylation is 1. The van der Waals surface area contributed by atoms with Crippen molar-refractivity contribution in [3.63, 3.8) is 0 Å². The van der Waals surface area contributed by atoms with Gasteiger partial charge in [0.2, 0.25) is 0 Å². The highest BCUT2D eigenvalue weighted by Crippen LogP contribution is 2.23. The summed E-state index contributed by atoms with van der Waals surface area (Å²) in [5.74, 6) is -0.0168. The van der Waals surface area contributed by atoms with E-state index in [9.17, 15) is 4.79 Å². The van der Waals surface area contributed by atoms with Gasteiger partial charge in [0.1, 0.15) is 0 Å². The van der Waals surface area contributed by atoms with Crippen LogP contribution in [0.15, 0.2) is 46.9 Å². The molecule has 2 aromatic rings. The van der Waals surface area contributed by atoms with Crippen LogP contribution in [0.5, 0.6) is 0 Å². The highest BCUT2D eigenvalue weighted by molar-refractivity contribution is 9.10. The molecule has 2 aromatic carbocycles. The number of nitrogen functional groups attached to an aromatic ring is 1. The summed E-state index contributed by atoms with van der Waals surface area (Å²) >= 11 is 3.41. The number of rotatable bonds is 3. The van der Waals surface area contributed by atoms with Gasteiger partial charge >= 0.3 is 0 Å². The maximum atomic E-state index is 12.7. The monoisotopic (exact) mass is 332 g/mol. The molecule has 0 radical (unpaired) electrons. The first-order chi connectivity index (χ1) is 9.52. The molecule has 0 spiro atoms. The predicted octanol–water partition coefficient (Wildman–Crippen LogP) is 4.01. The molecule has 0 aliphatic rings. The Hall–Kier alpha value is -1.81. The Balaban J connectivity index is 2.41. The average Bonchev–Trinajstić information content (AvgIpc) is 2.42. The number of halogens is 1. The van der Waals surface area contributed by atoms with Crippen LogP contribution < -0.4 is 10.6 Å². The van der Waals surface area contributed by atoms with Crippen LogP contribution in [0.4, 0.5) is 11.4 Å². The Bertz CT molecular complexity index is 640. The largest absolute Gasteiger partial charge is 0.399 e. The molecule has 0 saturated heterocycles. The van der Waals surface area contributed by atoms with Crippen LogP contribution in [0.25, 0.3) is 0 Å². The van der Waals surface area contributed by atoms with Gasteiger partial charge in [-0.3, -0.25) is 4.79 Å². The van der Waals surface area contributed by atoms with Crippen LogP contribution in [-0.2, 0) is 0 Å². The molecule has 0 saturated carbocycles. The van der Waals surface area contributed by atoms with Crippen molar-refractivity contribution in [3.8, 4) is 0 Å². The van der Waals surface area contributed by atoms with Crippen molar-refractivity contribution < 1.29 is 4.79 Å². The summed E-state index contributed by atoms with van der Waals surface area (Å²) in [6, 6.07) is 13.1. The zero-order valence-electron chi connectivity index (χ0n) is 11.6. The van der Waals surface area contributed by atoms with E-state index in [1.54, 1.807) is 4.90 Å². The molecule has 20 heavy (non-hydrogen) atoms. The summed E-state index contributed by atoms with van der Waals surface area (Å²) in [5, 5.41) is 0. The van der Waals surface area contributed by atoms with Gasteiger partial charge in [0.15, 0.2) is 0 Å². The van der Waals surface area contributed by atoms with Gasteiger partial charge in [-0.2, -0.15) is 0 Å². The lowest BCUT2D eigenvalue weighted by molar-refractivity contribution is 0.0987. The Morgan fingerprint density at radius 2 is 2.00 bits per heavy atom. The van der Waals surface area contributed by atoms with Crippen molar-refractivity contribution in [2.45, 2.75) is 13.8 Å². The van der Waals surface area contributed by atoms with E-state index < -0.39 is 0 Å². The van der Waals surface area contributed by atoms with E-state index in [1.807, 2.05) is 56.3 Å². The number of amides is 1. The number of nitrogens with two attached hydrogens (primary N) is 1. The maximum Gasteiger partial charge on any atom is 0.258 e. The number of benzene rings is 2. The van der Waals surface area contributed by atoms with Crippen molar-refractivity contribution in [3.05, 3.63) is 58.1 Å². The lowest BCUT2D eigenvalue weighted by Gasteiger charge is -2.22. The Morgan fingerprint density at radius 1 is 1.25 bits per heavy atom. The van der Waals surface area contributed by atoms with E-state index in [-0.39, 0.29) is 5.91 Å². The quantitative estimate of drug-likeness (QED) is 0.863. The van der Waals surface area contributed by atoms with Gasteiger partial charge in [-0.1, -0.05) is 28.1 Å². The normalized spacial score (nSPS) is 10.3. The van der Waals surface area contributed by atoms with Crippen molar-refractivity contribution >= 4 is 33.2 Å². The fraction of sp³-hybridized carbons (Fsp3) is 0.188. The third-order valence-corrected chi connectivity index (χ3v) is 3.67. The number of nitrogens with zero attached hydrogens (tertiary/aromatic N) is 1. The van der Waals surface area contributed by atoms with E-state index in [1.165, 1.54) is 0 Å². The summed E-state index contributed by atoms with van der Waals surface area (Å²) in [6.07, 6.45) is 0. The number of hydrogen-bond donors (Lipinski definition) is 1. The van der Waals surface area contributed by atoms with Crippen LogP contribution in [0.2, 0.25) is 0 Å². The molecule has 4 heteroatoms. The lowest BCUT2D eigenvalue weighted by atomic mass is 10.1. The average molecular weight is 333 g/mol. The molecule has 2 rings (SSSR count).